The summed E-state index contributed by atoms with van der Waals surface area (Å²) in [5.41, 5.74) is 3.82. The minimum atomic E-state index is 0.365. The second-order valence-corrected chi connectivity index (χ2v) is 7.13. The monoisotopic (exact) mass is 323 g/mol. The van der Waals surface area contributed by atoms with Gasteiger partial charge >= 0.3 is 0 Å². The third-order valence-electron chi connectivity index (χ3n) is 5.62. The van der Waals surface area contributed by atoms with E-state index >= 15 is 0 Å². The Balaban J connectivity index is 1.46. The highest BCUT2D eigenvalue weighted by Gasteiger charge is 2.30. The Morgan fingerprint density at radius 3 is 2.75 bits per heavy atom. The minimum absolute atomic E-state index is 0.365. The Morgan fingerprint density at radius 2 is 2.00 bits per heavy atom. The summed E-state index contributed by atoms with van der Waals surface area (Å²) in [6.45, 7) is 6.29. The molecule has 4 heteroatoms. The molecular formula is C20H25N3O. The lowest BCUT2D eigenvalue weighted by atomic mass is 9.99. The number of hydrogen-bond donors (Lipinski definition) is 0. The first-order valence-electron chi connectivity index (χ1n) is 9.07. The van der Waals surface area contributed by atoms with Crippen molar-refractivity contribution in [1.29, 1.82) is 0 Å². The van der Waals surface area contributed by atoms with Crippen molar-refractivity contribution in [2.75, 3.05) is 19.6 Å². The van der Waals surface area contributed by atoms with Crippen LogP contribution in [0.5, 0.6) is 0 Å². The smallest absolute Gasteiger partial charge is 0.222 e. The molecule has 0 N–H and O–H groups in total. The first-order valence-corrected chi connectivity index (χ1v) is 9.07. The predicted molar refractivity (Wildman–Crippen MR) is 95.7 cm³/mol. The number of likely N-dealkylation sites (tertiary alicyclic amines) is 2. The summed E-state index contributed by atoms with van der Waals surface area (Å²) in [4.78, 5) is 21.1. The number of pyridine rings is 1. The van der Waals surface area contributed by atoms with Gasteiger partial charge in [0.2, 0.25) is 5.91 Å². The fourth-order valence-electron chi connectivity index (χ4n) is 4.20. The van der Waals surface area contributed by atoms with Crippen molar-refractivity contribution in [2.24, 2.45) is 0 Å². The van der Waals surface area contributed by atoms with Crippen LogP contribution in [0.2, 0.25) is 0 Å². The predicted octanol–water partition coefficient (Wildman–Crippen LogP) is 3.13. The molecule has 1 amide bonds. The highest BCUT2D eigenvalue weighted by Crippen LogP contribution is 2.26. The fraction of sp³-hybridized carbons (Fsp3) is 0.500. The number of aromatic nitrogens is 1. The van der Waals surface area contributed by atoms with Gasteiger partial charge in [-0.05, 0) is 49.4 Å². The highest BCUT2D eigenvalue weighted by atomic mass is 16.2. The molecule has 0 radical (unpaired) electrons. The molecule has 4 rings (SSSR count). The van der Waals surface area contributed by atoms with Crippen molar-refractivity contribution >= 4 is 16.8 Å². The normalized spacial score (nSPS) is 20.2. The summed E-state index contributed by atoms with van der Waals surface area (Å²) in [7, 11) is 0. The van der Waals surface area contributed by atoms with E-state index in [1.54, 1.807) is 0 Å². The van der Waals surface area contributed by atoms with Crippen LogP contribution < -0.4 is 0 Å². The number of aryl methyl sites for hydroxylation is 1. The Bertz CT molecular complexity index is 750. The fourth-order valence-corrected chi connectivity index (χ4v) is 4.20. The number of hydrogen-bond acceptors (Lipinski definition) is 3. The molecule has 0 aliphatic carbocycles. The SMILES string of the molecule is Cc1ccc2ncccc2c1CN1CCC(N2CCCC2=O)CC1. The van der Waals surface area contributed by atoms with Gasteiger partial charge in [-0.2, -0.15) is 0 Å². The molecule has 0 bridgehead atoms. The first kappa shape index (κ1) is 15.6. The second-order valence-electron chi connectivity index (χ2n) is 7.13. The zero-order valence-corrected chi connectivity index (χ0v) is 14.4. The van der Waals surface area contributed by atoms with Gasteiger partial charge in [-0.1, -0.05) is 12.1 Å². The molecule has 1 aromatic heterocycles. The molecule has 2 fully saturated rings. The van der Waals surface area contributed by atoms with Gasteiger partial charge in [0.1, 0.15) is 0 Å². The van der Waals surface area contributed by atoms with Gasteiger partial charge in [0, 0.05) is 50.2 Å². The lowest BCUT2D eigenvalue weighted by Crippen LogP contribution is -2.45. The van der Waals surface area contributed by atoms with Gasteiger partial charge in [-0.25, -0.2) is 0 Å². The molecule has 126 valence electrons. The van der Waals surface area contributed by atoms with Gasteiger partial charge in [0.05, 0.1) is 5.52 Å². The van der Waals surface area contributed by atoms with E-state index in [1.165, 1.54) is 16.5 Å². The van der Waals surface area contributed by atoms with E-state index < -0.39 is 0 Å². The minimum Gasteiger partial charge on any atom is -0.340 e. The van der Waals surface area contributed by atoms with E-state index in [4.69, 9.17) is 0 Å². The van der Waals surface area contributed by atoms with Crippen LogP contribution in [0.1, 0.15) is 36.8 Å². The molecular weight excluding hydrogens is 298 g/mol. The van der Waals surface area contributed by atoms with Crippen molar-refractivity contribution in [2.45, 2.75) is 45.2 Å². The zero-order valence-electron chi connectivity index (χ0n) is 14.4. The summed E-state index contributed by atoms with van der Waals surface area (Å²) in [5, 5.41) is 1.27. The van der Waals surface area contributed by atoms with Crippen molar-refractivity contribution in [3.8, 4) is 0 Å². The number of carbonyl (C=O) groups excluding carboxylic acids is 1. The summed E-state index contributed by atoms with van der Waals surface area (Å²) < 4.78 is 0. The van der Waals surface area contributed by atoms with Crippen LogP contribution in [0, 0.1) is 6.92 Å². The lowest BCUT2D eigenvalue weighted by Gasteiger charge is -2.37. The molecule has 2 aliphatic rings. The molecule has 3 heterocycles. The van der Waals surface area contributed by atoms with Gasteiger partial charge < -0.3 is 4.90 Å². The molecule has 0 unspecified atom stereocenters. The van der Waals surface area contributed by atoms with E-state index in [1.807, 2.05) is 12.3 Å². The molecule has 4 nitrogen and oxygen atoms in total. The average molecular weight is 323 g/mol. The molecule has 2 aliphatic heterocycles. The van der Waals surface area contributed by atoms with Gasteiger partial charge in [-0.15, -0.1) is 0 Å². The number of nitrogens with zero attached hydrogens (tertiary/aromatic N) is 3. The van der Waals surface area contributed by atoms with Crippen LogP contribution in [0.15, 0.2) is 30.5 Å². The van der Waals surface area contributed by atoms with Crippen LogP contribution in [-0.2, 0) is 11.3 Å². The third-order valence-corrected chi connectivity index (χ3v) is 5.62. The van der Waals surface area contributed by atoms with Crippen LogP contribution in [0.25, 0.3) is 10.9 Å². The second kappa shape index (κ2) is 6.52. The number of amides is 1. The van der Waals surface area contributed by atoms with E-state index in [2.05, 4.69) is 39.9 Å². The van der Waals surface area contributed by atoms with E-state index in [-0.39, 0.29) is 0 Å². The van der Waals surface area contributed by atoms with E-state index in [0.29, 0.717) is 11.9 Å². The zero-order chi connectivity index (χ0) is 16.5. The van der Waals surface area contributed by atoms with E-state index in [0.717, 1.165) is 57.4 Å². The maximum Gasteiger partial charge on any atom is 0.222 e. The molecule has 1 aromatic carbocycles. The standard InChI is InChI=1S/C20H25N3O/c1-15-6-7-19-17(4-2-10-21-19)18(15)14-22-12-8-16(9-13-22)23-11-3-5-20(23)24/h2,4,6-7,10,16H,3,5,8-9,11-14H2,1H3. The van der Waals surface area contributed by atoms with E-state index in [9.17, 15) is 4.79 Å². The molecule has 0 saturated carbocycles. The molecule has 0 atom stereocenters. The molecule has 0 spiro atoms. The van der Waals surface area contributed by atoms with Crippen LogP contribution in [-0.4, -0.2) is 46.4 Å². The maximum absolute atomic E-state index is 11.9. The number of piperidine rings is 1. The summed E-state index contributed by atoms with van der Waals surface area (Å²) in [5.74, 6) is 0.365. The van der Waals surface area contributed by atoms with Crippen molar-refractivity contribution in [3.63, 3.8) is 0 Å². The Kier molecular flexibility index (Phi) is 4.23. The highest BCUT2D eigenvalue weighted by molar-refractivity contribution is 5.83. The van der Waals surface area contributed by atoms with Crippen LogP contribution >= 0.6 is 0 Å². The van der Waals surface area contributed by atoms with Gasteiger partial charge in [0.25, 0.3) is 0 Å². The molecule has 24 heavy (non-hydrogen) atoms. The first-order chi connectivity index (χ1) is 11.7. The lowest BCUT2D eigenvalue weighted by molar-refractivity contribution is -0.130. The topological polar surface area (TPSA) is 36.4 Å². The number of fused-ring (bicyclic) bond motifs is 1. The van der Waals surface area contributed by atoms with Crippen molar-refractivity contribution < 1.29 is 4.79 Å². The van der Waals surface area contributed by atoms with Gasteiger partial charge in [0.15, 0.2) is 0 Å². The van der Waals surface area contributed by atoms with Gasteiger partial charge in [-0.3, -0.25) is 14.7 Å². The van der Waals surface area contributed by atoms with Crippen molar-refractivity contribution in [3.05, 3.63) is 41.6 Å². The third kappa shape index (κ3) is 2.91. The maximum atomic E-state index is 11.9. The number of rotatable bonds is 3. The Hall–Kier alpha value is -1.94. The summed E-state index contributed by atoms with van der Waals surface area (Å²) in [6, 6.07) is 8.96. The van der Waals surface area contributed by atoms with Crippen LogP contribution in [0.4, 0.5) is 0 Å². The summed E-state index contributed by atoms with van der Waals surface area (Å²) >= 11 is 0. The average Bonchev–Trinajstić information content (AvgIpc) is 3.04. The van der Waals surface area contributed by atoms with Crippen molar-refractivity contribution in [1.82, 2.24) is 14.8 Å². The summed E-state index contributed by atoms with van der Waals surface area (Å²) in [6.07, 6.45) is 5.87. The Labute approximate surface area is 143 Å². The number of carbonyl (C=O) groups is 1. The molecule has 2 saturated heterocycles. The quantitative estimate of drug-likeness (QED) is 0.871. The molecule has 2 aromatic rings. The van der Waals surface area contributed by atoms with Crippen LogP contribution in [0.3, 0.4) is 0 Å². The number of benzene rings is 1. The largest absolute Gasteiger partial charge is 0.340 e. The Morgan fingerprint density at radius 1 is 1.17 bits per heavy atom.